The number of nitrogens with zero attached hydrogens (tertiary/aromatic N) is 2. The lowest BCUT2D eigenvalue weighted by molar-refractivity contribution is -0.137. The maximum atomic E-state index is 12.9. The van der Waals surface area contributed by atoms with Crippen molar-refractivity contribution in [2.24, 2.45) is 4.99 Å². The molecule has 0 fully saturated rings. The van der Waals surface area contributed by atoms with Crippen LogP contribution in [0.4, 0.5) is 23.7 Å². The number of rotatable bonds is 3. The highest BCUT2D eigenvalue weighted by molar-refractivity contribution is 6.12. The molecular formula is C23H22F3N3O3. The fourth-order valence-corrected chi connectivity index (χ4v) is 2.84. The Hall–Kier alpha value is -3.62. The summed E-state index contributed by atoms with van der Waals surface area (Å²) in [6, 6.07) is 12.9. The van der Waals surface area contributed by atoms with Gasteiger partial charge < -0.3 is 10.1 Å². The number of Topliss-reactive ketones (excluding diaryl/α,β-unsaturated/α-hetero) is 1. The van der Waals surface area contributed by atoms with Crippen LogP contribution in [0.25, 0.3) is 0 Å². The molecule has 1 amide bonds. The number of alkyl halides is 3. The van der Waals surface area contributed by atoms with Crippen molar-refractivity contribution >= 4 is 23.5 Å². The van der Waals surface area contributed by atoms with Gasteiger partial charge in [-0.2, -0.15) is 13.2 Å². The summed E-state index contributed by atoms with van der Waals surface area (Å²) < 4.78 is 43.8. The van der Waals surface area contributed by atoms with Gasteiger partial charge in [-0.05, 0) is 45.0 Å². The van der Waals surface area contributed by atoms with Crippen molar-refractivity contribution in [2.45, 2.75) is 32.5 Å². The number of halogens is 3. The molecule has 0 aromatic heterocycles. The molecule has 0 saturated heterocycles. The molecule has 0 spiro atoms. The lowest BCUT2D eigenvalue weighted by atomic mass is 10.0. The van der Waals surface area contributed by atoms with Gasteiger partial charge in [0.15, 0.2) is 5.78 Å². The molecule has 2 aromatic carbocycles. The van der Waals surface area contributed by atoms with Crippen LogP contribution in [0.15, 0.2) is 71.4 Å². The van der Waals surface area contributed by atoms with Gasteiger partial charge in [0.25, 0.3) is 0 Å². The number of para-hydroxylation sites is 1. The van der Waals surface area contributed by atoms with Crippen LogP contribution in [-0.4, -0.2) is 34.9 Å². The second kappa shape index (κ2) is 8.86. The third kappa shape index (κ3) is 5.75. The molecular weight excluding hydrogens is 423 g/mol. The molecule has 0 aliphatic carbocycles. The fourth-order valence-electron chi connectivity index (χ4n) is 2.84. The zero-order valence-electron chi connectivity index (χ0n) is 17.7. The topological polar surface area (TPSA) is 71.0 Å². The average Bonchev–Trinajstić information content (AvgIpc) is 2.72. The number of carbonyl (C=O) groups is 2. The summed E-state index contributed by atoms with van der Waals surface area (Å²) in [6.07, 6.45) is -3.92. The molecule has 1 heterocycles. The first-order valence-corrected chi connectivity index (χ1v) is 9.75. The van der Waals surface area contributed by atoms with Crippen molar-refractivity contribution in [1.82, 2.24) is 4.90 Å². The van der Waals surface area contributed by atoms with Gasteiger partial charge in [0.1, 0.15) is 5.60 Å². The molecule has 3 rings (SSSR count). The van der Waals surface area contributed by atoms with E-state index in [-0.39, 0.29) is 23.6 Å². The van der Waals surface area contributed by atoms with E-state index < -0.39 is 29.2 Å². The van der Waals surface area contributed by atoms with E-state index >= 15 is 0 Å². The van der Waals surface area contributed by atoms with Gasteiger partial charge >= 0.3 is 12.3 Å². The standard InChI is InChI=1S/C23H22F3N3O3/c1-22(2,3)32-21(31)29-14-16(13-27-20(29)28-18-7-5-4-6-8-18)19(30)15-9-11-17(12-10-15)23(24,25)26/h4-13H,14H2,1-3H3,(H,27,28). The molecule has 168 valence electrons. The lowest BCUT2D eigenvalue weighted by Gasteiger charge is -2.30. The summed E-state index contributed by atoms with van der Waals surface area (Å²) in [4.78, 5) is 31.0. The Morgan fingerprint density at radius 3 is 2.19 bits per heavy atom. The maximum absolute atomic E-state index is 12.9. The van der Waals surface area contributed by atoms with Crippen molar-refractivity contribution in [3.05, 3.63) is 77.5 Å². The Bertz CT molecular complexity index is 1050. The predicted molar refractivity (Wildman–Crippen MR) is 114 cm³/mol. The van der Waals surface area contributed by atoms with Crippen molar-refractivity contribution in [3.8, 4) is 0 Å². The van der Waals surface area contributed by atoms with E-state index in [1.165, 1.54) is 11.1 Å². The van der Waals surface area contributed by atoms with Gasteiger partial charge in [-0.15, -0.1) is 0 Å². The molecule has 1 aliphatic rings. The Morgan fingerprint density at radius 2 is 1.62 bits per heavy atom. The van der Waals surface area contributed by atoms with Gasteiger partial charge in [0.2, 0.25) is 5.96 Å². The SMILES string of the molecule is CC(C)(C)OC(=O)N1CC(C(=O)c2ccc(C(F)(F)F)cc2)=CN=C1Nc1ccccc1. The molecule has 6 nitrogen and oxygen atoms in total. The van der Waals surface area contributed by atoms with E-state index in [9.17, 15) is 22.8 Å². The summed E-state index contributed by atoms with van der Waals surface area (Å²) in [5.41, 5.74) is -0.773. The number of ether oxygens (including phenoxy) is 1. The summed E-state index contributed by atoms with van der Waals surface area (Å²) in [6.45, 7) is 4.97. The minimum Gasteiger partial charge on any atom is -0.443 e. The van der Waals surface area contributed by atoms with Gasteiger partial charge in [-0.25, -0.2) is 14.7 Å². The molecule has 9 heteroatoms. The summed E-state index contributed by atoms with van der Waals surface area (Å²) >= 11 is 0. The Morgan fingerprint density at radius 1 is 1.00 bits per heavy atom. The molecule has 0 radical (unpaired) electrons. The van der Waals surface area contributed by atoms with Crippen LogP contribution >= 0.6 is 0 Å². The van der Waals surface area contributed by atoms with Crippen LogP contribution in [0.1, 0.15) is 36.7 Å². The third-order valence-electron chi connectivity index (χ3n) is 4.34. The van der Waals surface area contributed by atoms with Gasteiger partial charge in [0.05, 0.1) is 12.1 Å². The highest BCUT2D eigenvalue weighted by atomic mass is 19.4. The maximum Gasteiger partial charge on any atom is 0.417 e. The molecule has 0 bridgehead atoms. The first-order chi connectivity index (χ1) is 14.9. The molecule has 1 aliphatic heterocycles. The van der Waals surface area contributed by atoms with E-state index in [1.807, 2.05) is 6.07 Å². The normalized spacial score (nSPS) is 14.4. The number of nitrogens with one attached hydrogen (secondary N) is 1. The van der Waals surface area contributed by atoms with E-state index in [1.54, 1.807) is 45.0 Å². The highest BCUT2D eigenvalue weighted by Gasteiger charge is 2.32. The minimum absolute atomic E-state index is 0.0584. The average molecular weight is 445 g/mol. The number of ketones is 1. The molecule has 32 heavy (non-hydrogen) atoms. The van der Waals surface area contributed by atoms with Crippen LogP contribution in [0.2, 0.25) is 0 Å². The van der Waals surface area contributed by atoms with E-state index in [0.717, 1.165) is 24.3 Å². The fraction of sp³-hybridized carbons (Fsp3) is 0.261. The van der Waals surface area contributed by atoms with Gasteiger partial charge in [-0.1, -0.05) is 30.3 Å². The Balaban J connectivity index is 1.88. The highest BCUT2D eigenvalue weighted by Crippen LogP contribution is 2.29. The number of benzene rings is 2. The quantitative estimate of drug-likeness (QED) is 0.634. The predicted octanol–water partition coefficient (Wildman–Crippen LogP) is 5.49. The van der Waals surface area contributed by atoms with Crippen LogP contribution in [-0.2, 0) is 10.9 Å². The van der Waals surface area contributed by atoms with E-state index in [0.29, 0.717) is 5.69 Å². The number of aliphatic imine (C=N–C) groups is 1. The van der Waals surface area contributed by atoms with Gasteiger partial charge in [0, 0.05) is 23.0 Å². The number of carbonyl (C=O) groups excluding carboxylic acids is 2. The van der Waals surface area contributed by atoms with Crippen molar-refractivity contribution in [3.63, 3.8) is 0 Å². The third-order valence-corrected chi connectivity index (χ3v) is 4.34. The number of amides is 1. The zero-order valence-corrected chi connectivity index (χ0v) is 17.7. The van der Waals surface area contributed by atoms with Crippen molar-refractivity contribution in [1.29, 1.82) is 0 Å². The summed E-state index contributed by atoms with van der Waals surface area (Å²) in [5, 5.41) is 3.02. The van der Waals surface area contributed by atoms with E-state index in [4.69, 9.17) is 4.74 Å². The molecule has 0 atom stereocenters. The second-order valence-electron chi connectivity index (χ2n) is 8.07. The molecule has 2 aromatic rings. The van der Waals surface area contributed by atoms with Crippen LogP contribution < -0.4 is 5.32 Å². The number of hydrogen-bond acceptors (Lipinski definition) is 5. The largest absolute Gasteiger partial charge is 0.443 e. The van der Waals surface area contributed by atoms with Gasteiger partial charge in [-0.3, -0.25) is 4.79 Å². The second-order valence-corrected chi connectivity index (χ2v) is 8.07. The number of guanidine groups is 1. The summed E-state index contributed by atoms with van der Waals surface area (Å²) in [7, 11) is 0. The van der Waals surface area contributed by atoms with E-state index in [2.05, 4.69) is 10.3 Å². The van der Waals surface area contributed by atoms with Crippen LogP contribution in [0.5, 0.6) is 0 Å². The van der Waals surface area contributed by atoms with Crippen molar-refractivity contribution < 1.29 is 27.5 Å². The Labute approximate surface area is 183 Å². The minimum atomic E-state index is -4.50. The number of anilines is 1. The first-order valence-electron chi connectivity index (χ1n) is 9.75. The van der Waals surface area contributed by atoms with Crippen LogP contribution in [0.3, 0.4) is 0 Å². The zero-order chi connectivity index (χ0) is 23.5. The molecule has 0 saturated carbocycles. The smallest absolute Gasteiger partial charge is 0.417 e. The lowest BCUT2D eigenvalue weighted by Crippen LogP contribution is -2.46. The Kier molecular flexibility index (Phi) is 6.38. The summed E-state index contributed by atoms with van der Waals surface area (Å²) in [5.74, 6) is -0.371. The first kappa shape index (κ1) is 23.1. The molecule has 1 N–H and O–H groups in total. The van der Waals surface area contributed by atoms with Crippen molar-refractivity contribution in [2.75, 3.05) is 11.9 Å². The molecule has 0 unspecified atom stereocenters. The monoisotopic (exact) mass is 445 g/mol. The van der Waals surface area contributed by atoms with Crippen LogP contribution in [0, 0.1) is 0 Å². The number of hydrogen-bond donors (Lipinski definition) is 1.